The maximum atomic E-state index is 11.4. The molecule has 3 N–H and O–H groups in total. The molecule has 0 unspecified atom stereocenters. The summed E-state index contributed by atoms with van der Waals surface area (Å²) in [6.07, 6.45) is 2.49. The molecular formula is C15H16N4O. The highest BCUT2D eigenvalue weighted by atomic mass is 16.1. The van der Waals surface area contributed by atoms with Gasteiger partial charge in [-0.1, -0.05) is 30.3 Å². The minimum absolute atomic E-state index is 0.233. The molecular weight excluding hydrogens is 252 g/mol. The highest BCUT2D eigenvalue weighted by Gasteiger charge is 2.21. The van der Waals surface area contributed by atoms with E-state index in [9.17, 15) is 4.79 Å². The van der Waals surface area contributed by atoms with E-state index in [4.69, 9.17) is 5.73 Å². The molecule has 20 heavy (non-hydrogen) atoms. The number of primary amides is 1. The average molecular weight is 268 g/mol. The molecule has 0 bridgehead atoms. The summed E-state index contributed by atoms with van der Waals surface area (Å²) in [7, 11) is 0. The number of amides is 1. The standard InChI is InChI=1S/C15H16N4O/c16-14(20)13-8-12(11-4-2-1-3-5-11)18-15(19-13)17-9-10-6-7-10/h1-5,8,10H,6-7,9H2,(H2,16,20)(H,17,18,19). The predicted molar refractivity (Wildman–Crippen MR) is 77.2 cm³/mol. The largest absolute Gasteiger partial charge is 0.364 e. The van der Waals surface area contributed by atoms with Crippen LogP contribution in [-0.2, 0) is 0 Å². The number of anilines is 1. The fourth-order valence-corrected chi connectivity index (χ4v) is 1.97. The molecule has 1 aromatic carbocycles. The molecule has 0 saturated heterocycles. The Labute approximate surface area is 117 Å². The zero-order valence-corrected chi connectivity index (χ0v) is 11.0. The number of benzene rings is 1. The van der Waals surface area contributed by atoms with Crippen LogP contribution in [0.4, 0.5) is 5.95 Å². The summed E-state index contributed by atoms with van der Waals surface area (Å²) in [6.45, 7) is 0.844. The molecule has 1 aromatic heterocycles. The van der Waals surface area contributed by atoms with Gasteiger partial charge >= 0.3 is 0 Å². The SMILES string of the molecule is NC(=O)c1cc(-c2ccccc2)nc(NCC2CC2)n1. The molecule has 1 aliphatic rings. The smallest absolute Gasteiger partial charge is 0.267 e. The monoisotopic (exact) mass is 268 g/mol. The second kappa shape index (κ2) is 5.28. The third kappa shape index (κ3) is 2.93. The maximum absolute atomic E-state index is 11.4. The van der Waals surface area contributed by atoms with Gasteiger partial charge in [-0.15, -0.1) is 0 Å². The van der Waals surface area contributed by atoms with Gasteiger partial charge in [0, 0.05) is 12.1 Å². The van der Waals surface area contributed by atoms with Crippen molar-refractivity contribution in [2.24, 2.45) is 11.7 Å². The highest BCUT2D eigenvalue weighted by Crippen LogP contribution is 2.28. The normalized spacial score (nSPS) is 14.0. The van der Waals surface area contributed by atoms with E-state index in [1.54, 1.807) is 6.07 Å². The predicted octanol–water partition coefficient (Wildman–Crippen LogP) is 2.06. The fourth-order valence-electron chi connectivity index (χ4n) is 1.97. The zero-order chi connectivity index (χ0) is 13.9. The number of nitrogens with two attached hydrogens (primary N) is 1. The first-order chi connectivity index (χ1) is 9.72. The molecule has 1 saturated carbocycles. The van der Waals surface area contributed by atoms with Crippen molar-refractivity contribution in [1.82, 2.24) is 9.97 Å². The van der Waals surface area contributed by atoms with Gasteiger partial charge in [0.25, 0.3) is 5.91 Å². The topological polar surface area (TPSA) is 80.9 Å². The fraction of sp³-hybridized carbons (Fsp3) is 0.267. The minimum Gasteiger partial charge on any atom is -0.364 e. The minimum atomic E-state index is -0.543. The number of carbonyl (C=O) groups is 1. The van der Waals surface area contributed by atoms with Crippen molar-refractivity contribution < 1.29 is 4.79 Å². The number of rotatable bonds is 5. The molecule has 0 aliphatic heterocycles. The summed E-state index contributed by atoms with van der Waals surface area (Å²) in [5, 5.41) is 3.18. The van der Waals surface area contributed by atoms with E-state index in [1.165, 1.54) is 12.8 Å². The first-order valence-corrected chi connectivity index (χ1v) is 6.70. The van der Waals surface area contributed by atoms with Crippen LogP contribution >= 0.6 is 0 Å². The molecule has 5 heteroatoms. The van der Waals surface area contributed by atoms with Crippen LogP contribution in [0.25, 0.3) is 11.3 Å². The quantitative estimate of drug-likeness (QED) is 0.869. The number of carbonyl (C=O) groups excluding carboxylic acids is 1. The Morgan fingerprint density at radius 2 is 2.00 bits per heavy atom. The van der Waals surface area contributed by atoms with E-state index in [0.29, 0.717) is 17.6 Å². The van der Waals surface area contributed by atoms with Gasteiger partial charge in [0.2, 0.25) is 5.95 Å². The van der Waals surface area contributed by atoms with Gasteiger partial charge in [-0.25, -0.2) is 9.97 Å². The molecule has 0 radical (unpaired) electrons. The number of aromatic nitrogens is 2. The van der Waals surface area contributed by atoms with Gasteiger partial charge in [0.05, 0.1) is 5.69 Å². The summed E-state index contributed by atoms with van der Waals surface area (Å²) in [5.74, 6) is 0.627. The van der Waals surface area contributed by atoms with Crippen LogP contribution in [0, 0.1) is 5.92 Å². The Hall–Kier alpha value is -2.43. The molecule has 0 atom stereocenters. The van der Waals surface area contributed by atoms with Crippen molar-refractivity contribution >= 4 is 11.9 Å². The third-order valence-electron chi connectivity index (χ3n) is 3.29. The molecule has 1 amide bonds. The molecule has 102 valence electrons. The van der Waals surface area contributed by atoms with Crippen LogP contribution in [0.2, 0.25) is 0 Å². The van der Waals surface area contributed by atoms with Gasteiger partial charge in [0.15, 0.2) is 0 Å². The van der Waals surface area contributed by atoms with E-state index >= 15 is 0 Å². The van der Waals surface area contributed by atoms with Gasteiger partial charge in [-0.3, -0.25) is 4.79 Å². The van der Waals surface area contributed by atoms with Crippen LogP contribution in [0.1, 0.15) is 23.3 Å². The summed E-state index contributed by atoms with van der Waals surface area (Å²) in [5.41, 5.74) is 7.21. The van der Waals surface area contributed by atoms with Gasteiger partial charge in [0.1, 0.15) is 5.69 Å². The molecule has 3 rings (SSSR count). The lowest BCUT2D eigenvalue weighted by Gasteiger charge is -2.08. The lowest BCUT2D eigenvalue weighted by atomic mass is 10.1. The molecule has 2 aromatic rings. The molecule has 0 spiro atoms. The Bertz CT molecular complexity index is 623. The molecule has 1 aliphatic carbocycles. The summed E-state index contributed by atoms with van der Waals surface area (Å²) < 4.78 is 0. The lowest BCUT2D eigenvalue weighted by molar-refractivity contribution is 0.0995. The van der Waals surface area contributed by atoms with Gasteiger partial charge < -0.3 is 11.1 Å². The van der Waals surface area contributed by atoms with Crippen LogP contribution in [-0.4, -0.2) is 22.4 Å². The summed E-state index contributed by atoms with van der Waals surface area (Å²) in [4.78, 5) is 20.0. The van der Waals surface area contributed by atoms with Crippen molar-refractivity contribution in [3.05, 3.63) is 42.1 Å². The molecule has 5 nitrogen and oxygen atoms in total. The van der Waals surface area contributed by atoms with Crippen molar-refractivity contribution in [3.8, 4) is 11.3 Å². The van der Waals surface area contributed by atoms with Gasteiger partial charge in [-0.2, -0.15) is 0 Å². The first kappa shape index (κ1) is 12.6. The van der Waals surface area contributed by atoms with Crippen LogP contribution in [0.15, 0.2) is 36.4 Å². The van der Waals surface area contributed by atoms with Crippen LogP contribution in [0.3, 0.4) is 0 Å². The van der Waals surface area contributed by atoms with Crippen molar-refractivity contribution in [2.75, 3.05) is 11.9 Å². The summed E-state index contributed by atoms with van der Waals surface area (Å²) >= 11 is 0. The van der Waals surface area contributed by atoms with E-state index in [2.05, 4.69) is 15.3 Å². The van der Waals surface area contributed by atoms with E-state index in [-0.39, 0.29) is 5.69 Å². The van der Waals surface area contributed by atoms with Crippen LogP contribution < -0.4 is 11.1 Å². The molecule has 1 fully saturated rings. The van der Waals surface area contributed by atoms with Gasteiger partial charge in [-0.05, 0) is 24.8 Å². The van der Waals surface area contributed by atoms with Crippen molar-refractivity contribution in [2.45, 2.75) is 12.8 Å². The first-order valence-electron chi connectivity index (χ1n) is 6.70. The number of hydrogen-bond acceptors (Lipinski definition) is 4. The van der Waals surface area contributed by atoms with Crippen molar-refractivity contribution in [1.29, 1.82) is 0 Å². The molecule has 1 heterocycles. The van der Waals surface area contributed by atoms with E-state index < -0.39 is 5.91 Å². The Morgan fingerprint density at radius 1 is 1.25 bits per heavy atom. The van der Waals surface area contributed by atoms with E-state index in [0.717, 1.165) is 12.1 Å². The Kier molecular flexibility index (Phi) is 3.33. The Morgan fingerprint density at radius 3 is 2.65 bits per heavy atom. The average Bonchev–Trinajstić information content (AvgIpc) is 3.30. The lowest BCUT2D eigenvalue weighted by Crippen LogP contribution is -2.16. The van der Waals surface area contributed by atoms with E-state index in [1.807, 2.05) is 30.3 Å². The Balaban J connectivity index is 1.93. The zero-order valence-electron chi connectivity index (χ0n) is 11.0. The van der Waals surface area contributed by atoms with Crippen LogP contribution in [0.5, 0.6) is 0 Å². The number of hydrogen-bond donors (Lipinski definition) is 2. The number of nitrogens with one attached hydrogen (secondary N) is 1. The number of nitrogens with zero attached hydrogens (tertiary/aromatic N) is 2. The second-order valence-electron chi connectivity index (χ2n) is 5.02. The summed E-state index contributed by atoms with van der Waals surface area (Å²) in [6, 6.07) is 11.3. The second-order valence-corrected chi connectivity index (χ2v) is 5.02. The maximum Gasteiger partial charge on any atom is 0.267 e. The highest BCUT2D eigenvalue weighted by molar-refractivity contribution is 5.92. The van der Waals surface area contributed by atoms with Crippen molar-refractivity contribution in [3.63, 3.8) is 0 Å². The third-order valence-corrected chi connectivity index (χ3v) is 3.29.